The standard InChI is InChI=1S/C25H44O4/c1-4-17(16(2)8-11-23(28)29)9-10-18-6-5-7-21-24(18)22(27)15-19-14-20(26)12-13-25(19,21)3/h16-22,24,26-27H,4-15H2,1-3H3,(H,28,29)/t16-,17?,18?,19?,20-,21?,22-,24?,25+/m1/s1. The predicted octanol–water partition coefficient (Wildman–Crippen LogP) is 5.26. The quantitative estimate of drug-likeness (QED) is 0.512. The molecule has 3 N–H and O–H groups in total. The van der Waals surface area contributed by atoms with Crippen molar-refractivity contribution in [3.8, 4) is 0 Å². The average Bonchev–Trinajstić information content (AvgIpc) is 2.68. The van der Waals surface area contributed by atoms with E-state index in [1.165, 1.54) is 25.7 Å². The zero-order valence-electron chi connectivity index (χ0n) is 18.9. The first-order valence-corrected chi connectivity index (χ1v) is 12.3. The van der Waals surface area contributed by atoms with Gasteiger partial charge in [0.2, 0.25) is 0 Å². The average molecular weight is 409 g/mol. The van der Waals surface area contributed by atoms with Gasteiger partial charge in [0.15, 0.2) is 0 Å². The fourth-order valence-electron chi connectivity index (χ4n) is 7.61. The lowest BCUT2D eigenvalue weighted by atomic mass is 9.47. The van der Waals surface area contributed by atoms with E-state index in [1.54, 1.807) is 0 Å². The summed E-state index contributed by atoms with van der Waals surface area (Å²) in [6.45, 7) is 6.91. The molecule has 0 spiro atoms. The molecule has 0 radical (unpaired) electrons. The summed E-state index contributed by atoms with van der Waals surface area (Å²) in [7, 11) is 0. The molecule has 0 heterocycles. The largest absolute Gasteiger partial charge is 0.481 e. The van der Waals surface area contributed by atoms with Crippen molar-refractivity contribution in [1.29, 1.82) is 0 Å². The van der Waals surface area contributed by atoms with Gasteiger partial charge in [0.05, 0.1) is 12.2 Å². The monoisotopic (exact) mass is 408 g/mol. The summed E-state index contributed by atoms with van der Waals surface area (Å²) in [5.74, 6) is 2.46. The highest BCUT2D eigenvalue weighted by molar-refractivity contribution is 5.66. The number of aliphatic hydroxyl groups is 2. The number of hydrogen-bond acceptors (Lipinski definition) is 3. The molecule has 5 unspecified atom stereocenters. The first-order chi connectivity index (χ1) is 13.8. The minimum absolute atomic E-state index is 0.172. The molecule has 4 nitrogen and oxygen atoms in total. The van der Waals surface area contributed by atoms with Gasteiger partial charge in [0.25, 0.3) is 0 Å². The van der Waals surface area contributed by atoms with Crippen LogP contribution in [-0.2, 0) is 4.79 Å². The van der Waals surface area contributed by atoms with E-state index in [-0.39, 0.29) is 18.6 Å². The molecule has 3 fully saturated rings. The Hall–Kier alpha value is -0.610. The number of carbonyl (C=O) groups is 1. The molecule has 168 valence electrons. The van der Waals surface area contributed by atoms with Crippen molar-refractivity contribution >= 4 is 5.97 Å². The number of aliphatic carboxylic acids is 1. The number of carboxylic acids is 1. The van der Waals surface area contributed by atoms with Gasteiger partial charge in [-0.05, 0) is 92.3 Å². The molecule has 0 bridgehead atoms. The third-order valence-electron chi connectivity index (χ3n) is 9.47. The summed E-state index contributed by atoms with van der Waals surface area (Å²) >= 11 is 0. The molecule has 0 amide bonds. The lowest BCUT2D eigenvalue weighted by molar-refractivity contribution is -0.151. The number of hydrogen-bond donors (Lipinski definition) is 3. The van der Waals surface area contributed by atoms with Crippen molar-refractivity contribution in [3.05, 3.63) is 0 Å². The molecular formula is C25H44O4. The third kappa shape index (κ3) is 5.01. The van der Waals surface area contributed by atoms with E-state index < -0.39 is 5.97 Å². The van der Waals surface area contributed by atoms with Crippen LogP contribution in [0.5, 0.6) is 0 Å². The van der Waals surface area contributed by atoms with E-state index in [4.69, 9.17) is 5.11 Å². The molecule has 0 aromatic rings. The minimum atomic E-state index is -0.687. The topological polar surface area (TPSA) is 77.8 Å². The smallest absolute Gasteiger partial charge is 0.303 e. The predicted molar refractivity (Wildman–Crippen MR) is 115 cm³/mol. The third-order valence-corrected chi connectivity index (χ3v) is 9.47. The number of aliphatic hydroxyl groups excluding tert-OH is 2. The van der Waals surface area contributed by atoms with Gasteiger partial charge in [0.1, 0.15) is 0 Å². The van der Waals surface area contributed by atoms with E-state index in [0.29, 0.717) is 40.9 Å². The summed E-state index contributed by atoms with van der Waals surface area (Å²) in [4.78, 5) is 10.9. The number of fused-ring (bicyclic) bond motifs is 3. The van der Waals surface area contributed by atoms with Crippen molar-refractivity contribution in [3.63, 3.8) is 0 Å². The zero-order chi connectivity index (χ0) is 21.2. The van der Waals surface area contributed by atoms with Gasteiger partial charge in [0, 0.05) is 6.42 Å². The Morgan fingerprint density at radius 3 is 2.59 bits per heavy atom. The van der Waals surface area contributed by atoms with Gasteiger partial charge in [-0.2, -0.15) is 0 Å². The highest BCUT2D eigenvalue weighted by Crippen LogP contribution is 2.60. The summed E-state index contributed by atoms with van der Waals surface area (Å²) in [5.41, 5.74) is 0.292. The van der Waals surface area contributed by atoms with Crippen LogP contribution >= 0.6 is 0 Å². The molecule has 3 saturated carbocycles. The van der Waals surface area contributed by atoms with Crippen molar-refractivity contribution < 1.29 is 20.1 Å². The summed E-state index contributed by atoms with van der Waals surface area (Å²) in [5, 5.41) is 30.3. The van der Waals surface area contributed by atoms with Gasteiger partial charge in [-0.1, -0.05) is 40.0 Å². The van der Waals surface area contributed by atoms with Gasteiger partial charge in [-0.3, -0.25) is 4.79 Å². The fourth-order valence-corrected chi connectivity index (χ4v) is 7.61. The second kappa shape index (κ2) is 9.68. The van der Waals surface area contributed by atoms with Crippen molar-refractivity contribution in [1.82, 2.24) is 0 Å². The number of carboxylic acid groups (broad SMARTS) is 1. The lowest BCUT2D eigenvalue weighted by Gasteiger charge is -2.59. The first kappa shape index (κ1) is 23.1. The van der Waals surface area contributed by atoms with E-state index in [9.17, 15) is 15.0 Å². The van der Waals surface area contributed by atoms with Crippen LogP contribution in [0.25, 0.3) is 0 Å². The maximum Gasteiger partial charge on any atom is 0.303 e. The Kier molecular flexibility index (Phi) is 7.70. The van der Waals surface area contributed by atoms with Crippen LogP contribution in [0.1, 0.15) is 97.8 Å². The molecule has 3 aliphatic carbocycles. The molecule has 0 aromatic heterocycles. The Balaban J connectivity index is 1.64. The van der Waals surface area contributed by atoms with Crippen LogP contribution in [-0.4, -0.2) is 33.5 Å². The zero-order valence-corrected chi connectivity index (χ0v) is 18.9. The van der Waals surface area contributed by atoms with Crippen LogP contribution in [0, 0.1) is 40.9 Å². The van der Waals surface area contributed by atoms with Gasteiger partial charge in [-0.15, -0.1) is 0 Å². The highest BCUT2D eigenvalue weighted by Gasteiger charge is 2.55. The molecule has 0 aromatic carbocycles. The first-order valence-electron chi connectivity index (χ1n) is 12.3. The Labute approximate surface area is 177 Å². The second-order valence-electron chi connectivity index (χ2n) is 11.0. The number of rotatable bonds is 8. The molecule has 9 atom stereocenters. The van der Waals surface area contributed by atoms with Gasteiger partial charge in [-0.25, -0.2) is 0 Å². The van der Waals surface area contributed by atoms with Crippen LogP contribution in [0.4, 0.5) is 0 Å². The van der Waals surface area contributed by atoms with Crippen LogP contribution in [0.2, 0.25) is 0 Å². The molecule has 29 heavy (non-hydrogen) atoms. The summed E-state index contributed by atoms with van der Waals surface area (Å²) in [6.07, 6.45) is 11.7. The molecule has 3 rings (SSSR count). The van der Waals surface area contributed by atoms with Crippen LogP contribution in [0.3, 0.4) is 0 Å². The fraction of sp³-hybridized carbons (Fsp3) is 0.960. The van der Waals surface area contributed by atoms with Gasteiger partial charge >= 0.3 is 5.97 Å². The molecular weight excluding hydrogens is 364 g/mol. The lowest BCUT2D eigenvalue weighted by Crippen LogP contribution is -2.55. The van der Waals surface area contributed by atoms with Crippen LogP contribution in [0.15, 0.2) is 0 Å². The Morgan fingerprint density at radius 2 is 1.90 bits per heavy atom. The van der Waals surface area contributed by atoms with E-state index in [0.717, 1.165) is 44.9 Å². The maximum absolute atomic E-state index is 11.1. The highest BCUT2D eigenvalue weighted by atomic mass is 16.4. The molecule has 0 saturated heterocycles. The van der Waals surface area contributed by atoms with E-state index in [1.807, 2.05) is 0 Å². The summed E-state index contributed by atoms with van der Waals surface area (Å²) < 4.78 is 0. The van der Waals surface area contributed by atoms with Crippen molar-refractivity contribution in [2.24, 2.45) is 40.9 Å². The second-order valence-corrected chi connectivity index (χ2v) is 11.0. The maximum atomic E-state index is 11.1. The molecule has 3 aliphatic rings. The summed E-state index contributed by atoms with van der Waals surface area (Å²) in [6, 6.07) is 0. The Bertz CT molecular complexity index is 549. The van der Waals surface area contributed by atoms with E-state index in [2.05, 4.69) is 20.8 Å². The van der Waals surface area contributed by atoms with Gasteiger partial charge < -0.3 is 15.3 Å². The van der Waals surface area contributed by atoms with E-state index >= 15 is 0 Å². The SMILES string of the molecule is CCC(CCC1CCCC2C1[C@H](O)CC1C[C@H](O)CC[C@@]12C)[C@H](C)CCC(=O)O. The Morgan fingerprint density at radius 1 is 1.14 bits per heavy atom. The molecule has 0 aliphatic heterocycles. The van der Waals surface area contributed by atoms with Crippen LogP contribution < -0.4 is 0 Å². The van der Waals surface area contributed by atoms with Crippen molar-refractivity contribution in [2.45, 2.75) is 110 Å². The van der Waals surface area contributed by atoms with Crippen molar-refractivity contribution in [2.75, 3.05) is 0 Å². The normalized spacial score (nSPS) is 41.8. The minimum Gasteiger partial charge on any atom is -0.481 e. The molecule has 4 heteroatoms.